The Hall–Kier alpha value is -3.47. The SMILES string of the molecule is Cc1ncsc1-c1ccc([C@H](C)NC(=O)[C@@H]2CCCN2C(=O)C(NC(=O)[C@H](C)NC(=O)OC(C)(C)C)C(C)(C)C)cc1. The Labute approximate surface area is 253 Å². The highest BCUT2D eigenvalue weighted by Crippen LogP contribution is 2.29. The van der Waals surface area contributed by atoms with Crippen molar-refractivity contribution >= 4 is 35.2 Å². The number of benzene rings is 1. The van der Waals surface area contributed by atoms with Crippen molar-refractivity contribution in [2.45, 2.75) is 105 Å². The minimum atomic E-state index is -0.928. The summed E-state index contributed by atoms with van der Waals surface area (Å²) >= 11 is 1.59. The summed E-state index contributed by atoms with van der Waals surface area (Å²) in [6, 6.07) is 5.31. The van der Waals surface area contributed by atoms with Gasteiger partial charge in [0.2, 0.25) is 17.7 Å². The normalized spacial score (nSPS) is 17.6. The highest BCUT2D eigenvalue weighted by atomic mass is 32.1. The van der Waals surface area contributed by atoms with E-state index in [0.717, 1.165) is 21.7 Å². The summed E-state index contributed by atoms with van der Waals surface area (Å²) in [6.45, 7) is 16.6. The van der Waals surface area contributed by atoms with Crippen LogP contribution in [-0.2, 0) is 19.1 Å². The molecule has 1 unspecified atom stereocenters. The van der Waals surface area contributed by atoms with E-state index in [2.05, 4.69) is 20.9 Å². The van der Waals surface area contributed by atoms with Crippen molar-refractivity contribution in [1.82, 2.24) is 25.8 Å². The molecule has 3 N–H and O–H groups in total. The molecule has 42 heavy (non-hydrogen) atoms. The molecule has 2 heterocycles. The van der Waals surface area contributed by atoms with E-state index < -0.39 is 41.1 Å². The number of ether oxygens (including phenoxy) is 1. The zero-order valence-corrected chi connectivity index (χ0v) is 27.0. The minimum Gasteiger partial charge on any atom is -0.444 e. The van der Waals surface area contributed by atoms with Crippen molar-refractivity contribution < 1.29 is 23.9 Å². The Balaban J connectivity index is 1.66. The monoisotopic (exact) mass is 599 g/mol. The topological polar surface area (TPSA) is 130 Å². The molecule has 4 amide bonds. The van der Waals surface area contributed by atoms with Crippen molar-refractivity contribution in [1.29, 1.82) is 0 Å². The van der Waals surface area contributed by atoms with Gasteiger partial charge in [-0.05, 0) is 70.9 Å². The molecule has 1 aromatic carbocycles. The molecule has 2 aromatic rings. The first kappa shape index (κ1) is 33.0. The average molecular weight is 600 g/mol. The fourth-order valence-electron chi connectivity index (χ4n) is 4.83. The van der Waals surface area contributed by atoms with Crippen LogP contribution in [0, 0.1) is 12.3 Å². The van der Waals surface area contributed by atoms with Gasteiger partial charge in [-0.25, -0.2) is 9.78 Å². The largest absolute Gasteiger partial charge is 0.444 e. The maximum atomic E-state index is 13.8. The maximum Gasteiger partial charge on any atom is 0.408 e. The predicted molar refractivity (Wildman–Crippen MR) is 164 cm³/mol. The van der Waals surface area contributed by atoms with E-state index in [1.165, 1.54) is 6.92 Å². The van der Waals surface area contributed by atoms with Gasteiger partial charge in [0.15, 0.2) is 0 Å². The molecule has 230 valence electrons. The van der Waals surface area contributed by atoms with E-state index in [1.807, 2.05) is 64.4 Å². The van der Waals surface area contributed by atoms with Gasteiger partial charge in [-0.1, -0.05) is 45.0 Å². The summed E-state index contributed by atoms with van der Waals surface area (Å²) in [4.78, 5) is 59.4. The number of hydrogen-bond acceptors (Lipinski definition) is 7. The Morgan fingerprint density at radius 1 is 1.00 bits per heavy atom. The molecular formula is C31H45N5O5S. The second-order valence-electron chi connectivity index (χ2n) is 13.0. The Bertz CT molecular complexity index is 1280. The maximum absolute atomic E-state index is 13.8. The molecule has 1 saturated heterocycles. The number of alkyl carbamates (subject to hydrolysis) is 1. The summed E-state index contributed by atoms with van der Waals surface area (Å²) in [5.74, 6) is -1.07. The third kappa shape index (κ3) is 8.53. The summed E-state index contributed by atoms with van der Waals surface area (Å²) < 4.78 is 5.24. The van der Waals surface area contributed by atoms with Crippen LogP contribution in [0.1, 0.15) is 85.5 Å². The molecule has 1 fully saturated rings. The molecule has 0 aliphatic carbocycles. The summed E-state index contributed by atoms with van der Waals surface area (Å²) in [5.41, 5.74) is 3.49. The summed E-state index contributed by atoms with van der Waals surface area (Å²) in [5, 5.41) is 8.40. The van der Waals surface area contributed by atoms with Crippen molar-refractivity contribution in [3.05, 3.63) is 41.0 Å². The van der Waals surface area contributed by atoms with Crippen LogP contribution >= 0.6 is 11.3 Å². The smallest absolute Gasteiger partial charge is 0.408 e. The van der Waals surface area contributed by atoms with Crippen molar-refractivity contribution in [2.24, 2.45) is 5.41 Å². The number of carbonyl (C=O) groups excluding carboxylic acids is 4. The molecule has 1 aromatic heterocycles. The second kappa shape index (κ2) is 13.2. The fourth-order valence-corrected chi connectivity index (χ4v) is 5.64. The van der Waals surface area contributed by atoms with Crippen molar-refractivity contribution in [2.75, 3.05) is 6.54 Å². The number of likely N-dealkylation sites (tertiary alicyclic amines) is 1. The standard InChI is InChI=1S/C31H45N5O5S/c1-18(21-12-14-22(15-13-21)24-19(2)32-17-42-24)33-27(38)23-11-10-16-36(23)28(39)25(30(4,5)6)35-26(37)20(3)34-29(40)41-31(7,8)9/h12-15,17-18,20,23,25H,10-11,16H2,1-9H3,(H,33,38)(H,34,40)(H,35,37)/t18-,20-,23-,25?/m0/s1. The molecular weight excluding hydrogens is 554 g/mol. The molecule has 1 aliphatic rings. The van der Waals surface area contributed by atoms with Gasteiger partial charge in [0, 0.05) is 6.54 Å². The van der Waals surface area contributed by atoms with Crippen molar-refractivity contribution in [3.63, 3.8) is 0 Å². The first-order valence-corrected chi connectivity index (χ1v) is 15.3. The number of aromatic nitrogens is 1. The molecule has 4 atom stereocenters. The van der Waals surface area contributed by atoms with Gasteiger partial charge in [0.05, 0.1) is 22.1 Å². The van der Waals surface area contributed by atoms with Crippen LogP contribution in [0.5, 0.6) is 0 Å². The number of nitrogens with one attached hydrogen (secondary N) is 3. The number of thiazole rings is 1. The van der Waals surface area contributed by atoms with Crippen LogP contribution < -0.4 is 16.0 Å². The molecule has 0 bridgehead atoms. The van der Waals surface area contributed by atoms with Crippen LogP contribution in [0.4, 0.5) is 4.79 Å². The number of amides is 4. The predicted octanol–water partition coefficient (Wildman–Crippen LogP) is 4.73. The number of rotatable bonds is 8. The third-order valence-electron chi connectivity index (χ3n) is 7.14. The highest BCUT2D eigenvalue weighted by molar-refractivity contribution is 7.13. The molecule has 0 saturated carbocycles. The molecule has 10 nitrogen and oxygen atoms in total. The van der Waals surface area contributed by atoms with E-state index in [-0.39, 0.29) is 17.9 Å². The number of hydrogen-bond donors (Lipinski definition) is 3. The molecule has 11 heteroatoms. The lowest BCUT2D eigenvalue weighted by atomic mass is 9.85. The number of nitrogens with zero attached hydrogens (tertiary/aromatic N) is 2. The second-order valence-corrected chi connectivity index (χ2v) is 13.8. The average Bonchev–Trinajstić information content (AvgIpc) is 3.54. The van der Waals surface area contributed by atoms with E-state index in [1.54, 1.807) is 37.0 Å². The van der Waals surface area contributed by atoms with Gasteiger partial charge in [0.25, 0.3) is 0 Å². The van der Waals surface area contributed by atoms with Gasteiger partial charge in [-0.3, -0.25) is 14.4 Å². The quantitative estimate of drug-likeness (QED) is 0.402. The summed E-state index contributed by atoms with van der Waals surface area (Å²) in [7, 11) is 0. The molecule has 3 rings (SSSR count). The van der Waals surface area contributed by atoms with E-state index in [9.17, 15) is 19.2 Å². The van der Waals surface area contributed by atoms with Gasteiger partial charge < -0.3 is 25.6 Å². The van der Waals surface area contributed by atoms with Gasteiger partial charge in [-0.15, -0.1) is 11.3 Å². The Kier molecular flexibility index (Phi) is 10.4. The highest BCUT2D eigenvalue weighted by Gasteiger charge is 2.42. The Morgan fingerprint density at radius 3 is 2.19 bits per heavy atom. The fraction of sp³-hybridized carbons (Fsp3) is 0.581. The van der Waals surface area contributed by atoms with Crippen LogP contribution in [-0.4, -0.2) is 64.0 Å². The van der Waals surface area contributed by atoms with E-state index in [0.29, 0.717) is 19.4 Å². The zero-order chi connectivity index (χ0) is 31.4. The van der Waals surface area contributed by atoms with Crippen molar-refractivity contribution in [3.8, 4) is 10.4 Å². The van der Waals surface area contributed by atoms with Gasteiger partial charge in [0.1, 0.15) is 23.7 Å². The van der Waals surface area contributed by atoms with Gasteiger partial charge >= 0.3 is 6.09 Å². The Morgan fingerprint density at radius 2 is 1.64 bits per heavy atom. The lowest BCUT2D eigenvalue weighted by molar-refractivity contribution is -0.144. The molecule has 1 aliphatic heterocycles. The summed E-state index contributed by atoms with van der Waals surface area (Å²) in [6.07, 6.45) is 0.500. The van der Waals surface area contributed by atoms with Crippen LogP contribution in [0.3, 0.4) is 0 Å². The zero-order valence-electron chi connectivity index (χ0n) is 26.2. The first-order chi connectivity index (χ1) is 19.5. The third-order valence-corrected chi connectivity index (χ3v) is 8.12. The van der Waals surface area contributed by atoms with Crippen LogP contribution in [0.25, 0.3) is 10.4 Å². The van der Waals surface area contributed by atoms with E-state index >= 15 is 0 Å². The van der Waals surface area contributed by atoms with Crippen LogP contribution in [0.2, 0.25) is 0 Å². The van der Waals surface area contributed by atoms with Crippen LogP contribution in [0.15, 0.2) is 29.8 Å². The van der Waals surface area contributed by atoms with Gasteiger partial charge in [-0.2, -0.15) is 0 Å². The lowest BCUT2D eigenvalue weighted by Gasteiger charge is -2.36. The number of aryl methyl sites for hydroxylation is 1. The minimum absolute atomic E-state index is 0.227. The lowest BCUT2D eigenvalue weighted by Crippen LogP contribution is -2.60. The molecule has 0 spiro atoms. The van der Waals surface area contributed by atoms with E-state index in [4.69, 9.17) is 4.74 Å². The first-order valence-electron chi connectivity index (χ1n) is 14.4. The molecule has 0 radical (unpaired) electrons. The number of carbonyl (C=O) groups is 4.